The van der Waals surface area contributed by atoms with Gasteiger partial charge < -0.3 is 0 Å². The van der Waals surface area contributed by atoms with E-state index in [4.69, 9.17) is 17.0 Å². The van der Waals surface area contributed by atoms with Crippen LogP contribution in [0.5, 0.6) is 0 Å². The first-order valence-electron chi connectivity index (χ1n) is 7.85. The van der Waals surface area contributed by atoms with Crippen LogP contribution in [0.4, 0.5) is 0 Å². The number of allylic oxidation sites excluding steroid dienone is 8. The minimum absolute atomic E-state index is 0.826. The number of rotatable bonds is 2. The van der Waals surface area contributed by atoms with Crippen molar-refractivity contribution in [3.63, 3.8) is 0 Å². The van der Waals surface area contributed by atoms with Crippen molar-refractivity contribution < 1.29 is 20.8 Å². The standard InChI is InChI=1S/C20H18Si.2ClH.Zr/c1-21(2,19-13-11-15-7-3-5-9-17(15)19)20-14-12-16-8-4-6-10-18(16)20;;;/h3-14H,1-2H3;2*1H;/q;;;+2/p-2. The fraction of sp³-hybridized carbons (Fsp3) is 0.100. The molecule has 0 amide bonds. The van der Waals surface area contributed by atoms with E-state index in [0.717, 1.165) is 0 Å². The van der Waals surface area contributed by atoms with E-state index >= 15 is 0 Å². The molecule has 0 aromatic carbocycles. The molecule has 2 saturated carbocycles. The Hall–Kier alpha value is 0.640. The molecule has 2 fully saturated rings. The van der Waals surface area contributed by atoms with Gasteiger partial charge in [-0.25, -0.2) is 0 Å². The van der Waals surface area contributed by atoms with Gasteiger partial charge in [0.2, 0.25) is 0 Å². The molecule has 0 aromatic rings. The van der Waals surface area contributed by atoms with Crippen molar-refractivity contribution in [2.24, 2.45) is 0 Å². The Morgan fingerprint density at radius 2 is 1.04 bits per heavy atom. The number of fused-ring (bicyclic) bond motifs is 2. The number of halogens is 2. The van der Waals surface area contributed by atoms with Crippen LogP contribution in [-0.4, -0.2) is 8.07 Å². The van der Waals surface area contributed by atoms with Gasteiger partial charge in [-0.15, -0.1) is 0 Å². The Morgan fingerprint density at radius 3 is 1.46 bits per heavy atom. The Kier molecular flexibility index (Phi) is 6.91. The van der Waals surface area contributed by atoms with E-state index < -0.39 is 28.9 Å². The van der Waals surface area contributed by atoms with Crippen LogP contribution in [0, 0.1) is 60.4 Å². The van der Waals surface area contributed by atoms with E-state index in [1.807, 2.05) is 0 Å². The van der Waals surface area contributed by atoms with Gasteiger partial charge in [0, 0.05) is 23.7 Å². The Bertz CT molecular complexity index is 506. The van der Waals surface area contributed by atoms with Gasteiger partial charge in [-0.05, 0) is 36.8 Å². The molecule has 0 nitrogen and oxygen atoms in total. The van der Waals surface area contributed by atoms with Crippen LogP contribution in [0.15, 0.2) is 48.6 Å². The molecule has 24 heavy (non-hydrogen) atoms. The molecule has 4 rings (SSSR count). The third kappa shape index (κ3) is 3.83. The first-order valence-corrected chi connectivity index (χ1v) is 17.2. The molecule has 0 heterocycles. The molecule has 4 heteroatoms. The molecular weight excluding hydrogens is 430 g/mol. The summed E-state index contributed by atoms with van der Waals surface area (Å²) in [7, 11) is 8.19. The van der Waals surface area contributed by atoms with Gasteiger partial charge in [0.05, 0.1) is 8.07 Å². The molecule has 4 aliphatic rings. The maximum absolute atomic E-state index is 4.93. The van der Waals surface area contributed by atoms with E-state index in [9.17, 15) is 0 Å². The quantitative estimate of drug-likeness (QED) is 0.476. The molecule has 0 atom stereocenters. The zero-order chi connectivity index (χ0) is 17.2. The van der Waals surface area contributed by atoms with Crippen LogP contribution in [-0.2, 0) is 20.8 Å². The fourth-order valence-corrected chi connectivity index (χ4v) is 6.63. The van der Waals surface area contributed by atoms with Crippen LogP contribution in [0.1, 0.15) is 0 Å². The predicted molar refractivity (Wildman–Crippen MR) is 102 cm³/mol. The maximum atomic E-state index is 4.93. The zero-order valence-corrected chi connectivity index (χ0v) is 18.7. The van der Waals surface area contributed by atoms with E-state index in [-0.39, 0.29) is 0 Å². The Morgan fingerprint density at radius 1 is 0.667 bits per heavy atom. The van der Waals surface area contributed by atoms with E-state index in [1.54, 1.807) is 11.1 Å². The van der Waals surface area contributed by atoms with Gasteiger partial charge in [-0.1, -0.05) is 61.7 Å². The third-order valence-electron chi connectivity index (χ3n) is 4.71. The molecule has 4 aliphatic carbocycles. The second kappa shape index (κ2) is 8.55. The van der Waals surface area contributed by atoms with Gasteiger partial charge in [-0.3, -0.25) is 0 Å². The molecule has 0 unspecified atom stereocenters. The minimum atomic E-state index is -1.68. The Labute approximate surface area is 167 Å². The van der Waals surface area contributed by atoms with Crippen molar-refractivity contribution in [2.45, 2.75) is 13.1 Å². The summed E-state index contributed by atoms with van der Waals surface area (Å²) < 4.78 is 0. The Balaban J connectivity index is 0.000000526. The van der Waals surface area contributed by atoms with Crippen molar-refractivity contribution in [3.05, 3.63) is 109 Å². The average molecular weight is 449 g/mol. The summed E-state index contributed by atoms with van der Waals surface area (Å²) in [4.78, 5) is 0. The molecular formula is C20H18Cl2SiZr. The van der Waals surface area contributed by atoms with Gasteiger partial charge in [0.25, 0.3) is 0 Å². The number of hydrogen-bond acceptors (Lipinski definition) is 0. The number of hydrogen-bond donors (Lipinski definition) is 0. The summed E-state index contributed by atoms with van der Waals surface area (Å²) in [6.45, 7) is 4.94. The van der Waals surface area contributed by atoms with Gasteiger partial charge in [0.1, 0.15) is 0 Å². The normalized spacial score (nSPS) is 25.7. The predicted octanol–water partition coefficient (Wildman–Crippen LogP) is 5.69. The van der Waals surface area contributed by atoms with Crippen LogP contribution >= 0.6 is 17.0 Å². The third-order valence-corrected chi connectivity index (χ3v) is 8.27. The second-order valence-electron chi connectivity index (χ2n) is 6.36. The second-order valence-corrected chi connectivity index (χ2v) is 14.4. The van der Waals surface area contributed by atoms with E-state index in [1.165, 1.54) is 23.7 Å². The molecule has 10 radical (unpaired) electrons. The summed E-state index contributed by atoms with van der Waals surface area (Å²) >= 11 is -0.826. The summed E-state index contributed by atoms with van der Waals surface area (Å²) in [5.74, 6) is 5.59. The molecule has 0 saturated heterocycles. The van der Waals surface area contributed by atoms with E-state index in [0.29, 0.717) is 0 Å². The van der Waals surface area contributed by atoms with Crippen LogP contribution in [0.3, 0.4) is 0 Å². The monoisotopic (exact) mass is 446 g/mol. The summed E-state index contributed by atoms with van der Waals surface area (Å²) in [6, 6.07) is 0. The van der Waals surface area contributed by atoms with Gasteiger partial charge in [-0.2, -0.15) is 0 Å². The molecule has 0 aliphatic heterocycles. The summed E-state index contributed by atoms with van der Waals surface area (Å²) in [5, 5.41) is 0. The zero-order valence-electron chi connectivity index (χ0n) is 13.7. The van der Waals surface area contributed by atoms with Crippen LogP contribution in [0.25, 0.3) is 0 Å². The average Bonchev–Trinajstić information content (AvgIpc) is 3.20. The summed E-state index contributed by atoms with van der Waals surface area (Å²) in [6.07, 6.45) is 26.7. The van der Waals surface area contributed by atoms with Crippen molar-refractivity contribution in [1.82, 2.24) is 0 Å². The van der Waals surface area contributed by atoms with E-state index in [2.05, 4.69) is 87.4 Å². The molecule has 0 spiro atoms. The van der Waals surface area contributed by atoms with Gasteiger partial charge >= 0.3 is 37.9 Å². The fourth-order valence-electron chi connectivity index (χ4n) is 3.54. The molecule has 120 valence electrons. The molecule has 0 aromatic heterocycles. The first kappa shape index (κ1) is 19.4. The first-order chi connectivity index (χ1) is 11.6. The van der Waals surface area contributed by atoms with Crippen molar-refractivity contribution in [3.8, 4) is 0 Å². The van der Waals surface area contributed by atoms with Crippen molar-refractivity contribution >= 4 is 25.1 Å². The summed E-state index contributed by atoms with van der Waals surface area (Å²) in [5.41, 5.74) is 3.10. The van der Waals surface area contributed by atoms with Crippen molar-refractivity contribution in [1.29, 1.82) is 0 Å². The molecule has 0 N–H and O–H groups in total. The van der Waals surface area contributed by atoms with Crippen LogP contribution in [0.2, 0.25) is 13.1 Å². The molecule has 0 bridgehead atoms. The van der Waals surface area contributed by atoms with Crippen LogP contribution < -0.4 is 0 Å². The SMILES string of the molecule is C[Si](C)([C]1[CH][CH][C]2C=CC=C[C]21)[C]1[CH][CH][C]2C=CC=C[C]21.[Cl][Zr][Cl]. The van der Waals surface area contributed by atoms with Crippen molar-refractivity contribution in [2.75, 3.05) is 0 Å². The van der Waals surface area contributed by atoms with Gasteiger partial charge in [0.15, 0.2) is 0 Å². The topological polar surface area (TPSA) is 0 Å².